The maximum atomic E-state index is 2.59. The molecule has 0 saturated carbocycles. The number of rotatable bonds is 1. The highest BCUT2D eigenvalue weighted by Crippen LogP contribution is 2.48. The Balaban J connectivity index is 2.06. The van der Waals surface area contributed by atoms with Crippen LogP contribution in [0.5, 0.6) is 0 Å². The lowest BCUT2D eigenvalue weighted by Crippen LogP contribution is -2.44. The predicted molar refractivity (Wildman–Crippen MR) is 33.8 cm³/mol. The van der Waals surface area contributed by atoms with E-state index < -0.39 is 0 Å². The molecule has 2 rings (SSSR count). The molecule has 2 saturated heterocycles. The third-order valence-electron chi connectivity index (χ3n) is 2.85. The molecule has 0 radical (unpaired) electrons. The van der Waals surface area contributed by atoms with Gasteiger partial charge in [0.2, 0.25) is 0 Å². The number of hydrogen-bond acceptors (Lipinski definition) is 1. The minimum Gasteiger partial charge on any atom is -0.292 e. The second kappa shape index (κ2) is 1.10. The summed E-state index contributed by atoms with van der Waals surface area (Å²) in [7, 11) is 0. The van der Waals surface area contributed by atoms with E-state index in [0.717, 1.165) is 6.04 Å². The Morgan fingerprint density at radius 1 is 1.75 bits per heavy atom. The van der Waals surface area contributed by atoms with E-state index in [1.807, 2.05) is 0 Å². The third-order valence-corrected chi connectivity index (χ3v) is 2.85. The van der Waals surface area contributed by atoms with Gasteiger partial charge >= 0.3 is 0 Å². The average molecular weight is 111 g/mol. The Hall–Kier alpha value is -0.0400. The standard InChI is InChI=1S/C7H13N/c1-3-7(2)4-6-5-8(6)7/h6H,3-5H2,1-2H3. The monoisotopic (exact) mass is 111 g/mol. The SMILES string of the molecule is CCC1(C)CC2CN21. The molecule has 0 aromatic rings. The fourth-order valence-electron chi connectivity index (χ4n) is 1.88. The van der Waals surface area contributed by atoms with E-state index in [4.69, 9.17) is 0 Å². The highest BCUT2D eigenvalue weighted by atomic mass is 15.4. The molecule has 2 fully saturated rings. The van der Waals surface area contributed by atoms with Crippen molar-refractivity contribution in [1.29, 1.82) is 0 Å². The van der Waals surface area contributed by atoms with E-state index in [-0.39, 0.29) is 0 Å². The Morgan fingerprint density at radius 2 is 2.50 bits per heavy atom. The molecule has 8 heavy (non-hydrogen) atoms. The Bertz CT molecular complexity index is 122. The smallest absolute Gasteiger partial charge is 0.0247 e. The van der Waals surface area contributed by atoms with Crippen LogP contribution < -0.4 is 0 Å². The first-order valence-corrected chi connectivity index (χ1v) is 3.53. The van der Waals surface area contributed by atoms with Crippen LogP contribution in [-0.4, -0.2) is 23.0 Å². The highest BCUT2D eigenvalue weighted by molar-refractivity contribution is 5.14. The number of hydrogen-bond donors (Lipinski definition) is 0. The van der Waals surface area contributed by atoms with E-state index in [2.05, 4.69) is 18.7 Å². The van der Waals surface area contributed by atoms with Gasteiger partial charge in [-0.25, -0.2) is 0 Å². The van der Waals surface area contributed by atoms with Gasteiger partial charge in [0, 0.05) is 18.1 Å². The molecule has 2 aliphatic heterocycles. The zero-order valence-electron chi connectivity index (χ0n) is 5.65. The normalized spacial score (nSPS) is 59.2. The number of fused-ring (bicyclic) bond motifs is 1. The van der Waals surface area contributed by atoms with Crippen molar-refractivity contribution < 1.29 is 0 Å². The summed E-state index contributed by atoms with van der Waals surface area (Å²) in [6.07, 6.45) is 2.80. The van der Waals surface area contributed by atoms with E-state index >= 15 is 0 Å². The summed E-state index contributed by atoms with van der Waals surface area (Å²) < 4.78 is 0. The fourth-order valence-corrected chi connectivity index (χ4v) is 1.88. The predicted octanol–water partition coefficient (Wildman–Crippen LogP) is 1.24. The van der Waals surface area contributed by atoms with Crippen LogP contribution in [0, 0.1) is 0 Å². The summed E-state index contributed by atoms with van der Waals surface area (Å²) in [6.45, 7) is 6.05. The van der Waals surface area contributed by atoms with E-state index in [1.165, 1.54) is 19.4 Å². The lowest BCUT2D eigenvalue weighted by Gasteiger charge is -2.38. The Labute approximate surface area is 50.7 Å². The van der Waals surface area contributed by atoms with Gasteiger partial charge in [-0.05, 0) is 19.8 Å². The molecule has 3 atom stereocenters. The lowest BCUT2D eigenvalue weighted by molar-refractivity contribution is 0.123. The van der Waals surface area contributed by atoms with Gasteiger partial charge in [-0.3, -0.25) is 4.90 Å². The molecule has 0 aliphatic carbocycles. The Kier molecular flexibility index (Phi) is 0.663. The first-order chi connectivity index (χ1) is 3.76. The third kappa shape index (κ3) is 0.368. The summed E-state index contributed by atoms with van der Waals surface area (Å²) in [5.74, 6) is 0. The molecule has 0 amide bonds. The molecule has 0 aromatic carbocycles. The topological polar surface area (TPSA) is 3.01 Å². The van der Waals surface area contributed by atoms with Crippen LogP contribution in [0.15, 0.2) is 0 Å². The van der Waals surface area contributed by atoms with Crippen molar-refractivity contribution in [2.24, 2.45) is 0 Å². The van der Waals surface area contributed by atoms with Crippen LogP contribution in [0.4, 0.5) is 0 Å². The van der Waals surface area contributed by atoms with E-state index in [9.17, 15) is 0 Å². The van der Waals surface area contributed by atoms with Gasteiger partial charge in [0.05, 0.1) is 0 Å². The second-order valence-electron chi connectivity index (χ2n) is 3.36. The lowest BCUT2D eigenvalue weighted by atomic mass is 9.87. The molecule has 3 unspecified atom stereocenters. The van der Waals surface area contributed by atoms with Crippen LogP contribution in [0.2, 0.25) is 0 Å². The summed E-state index contributed by atoms with van der Waals surface area (Å²) >= 11 is 0. The van der Waals surface area contributed by atoms with Crippen LogP contribution in [-0.2, 0) is 0 Å². The van der Waals surface area contributed by atoms with E-state index in [0.29, 0.717) is 5.54 Å². The first-order valence-electron chi connectivity index (χ1n) is 3.53. The van der Waals surface area contributed by atoms with Gasteiger partial charge in [0.15, 0.2) is 0 Å². The van der Waals surface area contributed by atoms with Gasteiger partial charge in [-0.1, -0.05) is 6.92 Å². The molecule has 0 bridgehead atoms. The zero-order chi connectivity index (χ0) is 5.78. The van der Waals surface area contributed by atoms with Crippen LogP contribution in [0.3, 0.4) is 0 Å². The molecule has 0 N–H and O–H groups in total. The molecular formula is C7H13N. The van der Waals surface area contributed by atoms with Gasteiger partial charge in [-0.2, -0.15) is 0 Å². The summed E-state index contributed by atoms with van der Waals surface area (Å²) in [5.41, 5.74) is 0.630. The minimum atomic E-state index is 0.630. The maximum Gasteiger partial charge on any atom is 0.0247 e. The van der Waals surface area contributed by atoms with Gasteiger partial charge < -0.3 is 0 Å². The molecule has 0 spiro atoms. The van der Waals surface area contributed by atoms with Gasteiger partial charge in [-0.15, -0.1) is 0 Å². The maximum absolute atomic E-state index is 2.59. The molecule has 2 aliphatic rings. The van der Waals surface area contributed by atoms with Crippen molar-refractivity contribution in [2.45, 2.75) is 38.3 Å². The molecule has 2 heterocycles. The van der Waals surface area contributed by atoms with Crippen molar-refractivity contribution in [3.8, 4) is 0 Å². The second-order valence-corrected chi connectivity index (χ2v) is 3.36. The highest BCUT2D eigenvalue weighted by Gasteiger charge is 2.57. The Morgan fingerprint density at radius 3 is 2.62 bits per heavy atom. The quantitative estimate of drug-likeness (QED) is 0.460. The first kappa shape index (κ1) is 4.80. The molecule has 46 valence electrons. The average Bonchev–Trinajstić information content (AvgIpc) is 2.40. The van der Waals surface area contributed by atoms with Crippen LogP contribution >= 0.6 is 0 Å². The summed E-state index contributed by atoms with van der Waals surface area (Å²) in [5, 5.41) is 0. The van der Waals surface area contributed by atoms with Crippen LogP contribution in [0.25, 0.3) is 0 Å². The minimum absolute atomic E-state index is 0.630. The molecule has 1 nitrogen and oxygen atoms in total. The van der Waals surface area contributed by atoms with Crippen molar-refractivity contribution in [1.82, 2.24) is 4.90 Å². The van der Waals surface area contributed by atoms with Gasteiger partial charge in [0.25, 0.3) is 0 Å². The molecular weight excluding hydrogens is 98.1 g/mol. The van der Waals surface area contributed by atoms with Crippen molar-refractivity contribution >= 4 is 0 Å². The van der Waals surface area contributed by atoms with Crippen molar-refractivity contribution in [2.75, 3.05) is 6.54 Å². The zero-order valence-corrected chi connectivity index (χ0v) is 5.65. The van der Waals surface area contributed by atoms with Crippen molar-refractivity contribution in [3.63, 3.8) is 0 Å². The summed E-state index contributed by atoms with van der Waals surface area (Å²) in [6, 6.07) is 1.01. The fraction of sp³-hybridized carbons (Fsp3) is 1.00. The molecule has 1 heteroatoms. The van der Waals surface area contributed by atoms with Crippen LogP contribution in [0.1, 0.15) is 26.7 Å². The van der Waals surface area contributed by atoms with Gasteiger partial charge in [0.1, 0.15) is 0 Å². The number of nitrogens with zero attached hydrogens (tertiary/aromatic N) is 1. The molecule has 0 aromatic heterocycles. The summed E-state index contributed by atoms with van der Waals surface area (Å²) in [4.78, 5) is 2.59. The van der Waals surface area contributed by atoms with E-state index in [1.54, 1.807) is 0 Å². The largest absolute Gasteiger partial charge is 0.292 e. The van der Waals surface area contributed by atoms with Crippen molar-refractivity contribution in [3.05, 3.63) is 0 Å².